The maximum atomic E-state index is 12.5. The number of nitrogens with zero attached hydrogens (tertiary/aromatic N) is 2. The number of thiophene rings is 1. The highest BCUT2D eigenvalue weighted by atomic mass is 32.2. The van der Waals surface area contributed by atoms with E-state index in [1.165, 1.54) is 16.7 Å². The normalized spacial score (nSPS) is 10.8. The Labute approximate surface area is 182 Å². The summed E-state index contributed by atoms with van der Waals surface area (Å²) in [6, 6.07) is 7.60. The largest absolute Gasteiger partial charge is 0.462 e. The maximum absolute atomic E-state index is 12.5. The number of hydrogen-bond acceptors (Lipinski definition) is 7. The Morgan fingerprint density at radius 2 is 2.00 bits per heavy atom. The lowest BCUT2D eigenvalue weighted by Gasteiger charge is -2.09. The van der Waals surface area contributed by atoms with Gasteiger partial charge in [-0.3, -0.25) is 9.59 Å². The number of ether oxygens (including phenoxy) is 1. The number of para-hydroxylation sites is 2. The number of esters is 1. The van der Waals surface area contributed by atoms with E-state index in [0.29, 0.717) is 20.6 Å². The van der Waals surface area contributed by atoms with Crippen LogP contribution in [0.2, 0.25) is 0 Å². The van der Waals surface area contributed by atoms with Gasteiger partial charge in [0.25, 0.3) is 5.91 Å². The average molecular weight is 447 g/mol. The monoisotopic (exact) mass is 446 g/mol. The molecule has 3 aromatic rings. The molecular weight excluding hydrogens is 424 g/mol. The molecule has 2 heterocycles. The van der Waals surface area contributed by atoms with Crippen LogP contribution < -0.4 is 5.32 Å². The highest BCUT2D eigenvalue weighted by Crippen LogP contribution is 2.34. The minimum absolute atomic E-state index is 0.0932. The van der Waals surface area contributed by atoms with E-state index in [0.717, 1.165) is 22.4 Å². The van der Waals surface area contributed by atoms with Crippen LogP contribution in [0, 0.1) is 6.92 Å². The maximum Gasteiger partial charge on any atom is 0.341 e. The first kappa shape index (κ1) is 21.8. The van der Waals surface area contributed by atoms with Crippen LogP contribution >= 0.6 is 23.1 Å². The molecule has 3 rings (SSSR count). The van der Waals surface area contributed by atoms with Crippen molar-refractivity contribution >= 4 is 56.9 Å². The number of H-pyrrole nitrogens is 1. The Morgan fingerprint density at radius 1 is 1.27 bits per heavy atom. The van der Waals surface area contributed by atoms with Crippen molar-refractivity contribution in [2.45, 2.75) is 19.0 Å². The Balaban J connectivity index is 1.77. The van der Waals surface area contributed by atoms with Gasteiger partial charge < -0.3 is 19.9 Å². The van der Waals surface area contributed by atoms with Crippen molar-refractivity contribution in [2.75, 3.05) is 31.8 Å². The molecule has 0 fully saturated rings. The first-order valence-corrected chi connectivity index (χ1v) is 11.0. The van der Waals surface area contributed by atoms with E-state index in [2.05, 4.69) is 15.3 Å². The summed E-state index contributed by atoms with van der Waals surface area (Å²) in [5.41, 5.74) is 2.43. The standard InChI is InChI=1S/C20H22N4O4S2/c1-5-28-19(27)15-11(2)16(18(26)24(3)4)30-17(15)23-14(25)10-29-20-21-12-8-6-7-9-13(12)22-20/h6-9H,5,10H2,1-4H3,(H,21,22)(H,23,25). The third-order valence-electron chi connectivity index (χ3n) is 4.19. The Bertz CT molecular complexity index is 1070. The Kier molecular flexibility index (Phi) is 6.78. The zero-order valence-electron chi connectivity index (χ0n) is 17.1. The van der Waals surface area contributed by atoms with Crippen LogP contribution in [0.25, 0.3) is 11.0 Å². The molecule has 0 atom stereocenters. The molecule has 0 spiro atoms. The van der Waals surface area contributed by atoms with E-state index in [-0.39, 0.29) is 29.7 Å². The molecule has 2 N–H and O–H groups in total. The SMILES string of the molecule is CCOC(=O)c1c(NC(=O)CSc2nc3ccccc3[nH]2)sc(C(=O)N(C)C)c1C. The van der Waals surface area contributed by atoms with Gasteiger partial charge in [0.15, 0.2) is 5.16 Å². The molecule has 2 aromatic heterocycles. The van der Waals surface area contributed by atoms with Crippen molar-refractivity contribution in [2.24, 2.45) is 0 Å². The lowest BCUT2D eigenvalue weighted by atomic mass is 10.1. The predicted molar refractivity (Wildman–Crippen MR) is 118 cm³/mol. The molecule has 0 unspecified atom stereocenters. The van der Waals surface area contributed by atoms with E-state index in [9.17, 15) is 14.4 Å². The van der Waals surface area contributed by atoms with Gasteiger partial charge in [-0.2, -0.15) is 0 Å². The zero-order valence-corrected chi connectivity index (χ0v) is 18.7. The van der Waals surface area contributed by atoms with Gasteiger partial charge >= 0.3 is 5.97 Å². The summed E-state index contributed by atoms with van der Waals surface area (Å²) in [4.78, 5) is 46.8. The fraction of sp³-hybridized carbons (Fsp3) is 0.300. The minimum atomic E-state index is -0.565. The van der Waals surface area contributed by atoms with Crippen molar-refractivity contribution in [3.8, 4) is 0 Å². The minimum Gasteiger partial charge on any atom is -0.462 e. The molecule has 0 saturated heterocycles. The summed E-state index contributed by atoms with van der Waals surface area (Å²) in [6.07, 6.45) is 0. The van der Waals surface area contributed by atoms with Crippen molar-refractivity contribution in [3.05, 3.63) is 40.3 Å². The first-order chi connectivity index (χ1) is 14.3. The van der Waals surface area contributed by atoms with E-state index < -0.39 is 5.97 Å². The number of carbonyl (C=O) groups is 3. The number of amides is 2. The van der Waals surface area contributed by atoms with Gasteiger partial charge in [-0.15, -0.1) is 11.3 Å². The molecule has 0 saturated carbocycles. The number of anilines is 1. The van der Waals surface area contributed by atoms with E-state index in [1.807, 2.05) is 24.3 Å². The lowest BCUT2D eigenvalue weighted by Crippen LogP contribution is -2.21. The molecule has 0 radical (unpaired) electrons. The summed E-state index contributed by atoms with van der Waals surface area (Å²) in [5, 5.41) is 3.69. The number of thioether (sulfide) groups is 1. The van der Waals surface area contributed by atoms with Crippen LogP contribution in [-0.2, 0) is 9.53 Å². The third kappa shape index (κ3) is 4.65. The topological polar surface area (TPSA) is 104 Å². The van der Waals surface area contributed by atoms with Crippen LogP contribution in [0.4, 0.5) is 5.00 Å². The summed E-state index contributed by atoms with van der Waals surface area (Å²) >= 11 is 2.33. The van der Waals surface area contributed by atoms with Crippen LogP contribution in [0.3, 0.4) is 0 Å². The van der Waals surface area contributed by atoms with Crippen LogP contribution in [0.15, 0.2) is 29.4 Å². The summed E-state index contributed by atoms with van der Waals surface area (Å²) in [5.74, 6) is -1.02. The number of carbonyl (C=O) groups excluding carboxylic acids is 3. The number of aromatic amines is 1. The summed E-state index contributed by atoms with van der Waals surface area (Å²) in [7, 11) is 3.27. The average Bonchev–Trinajstić information content (AvgIpc) is 3.26. The summed E-state index contributed by atoms with van der Waals surface area (Å²) in [6.45, 7) is 3.58. The van der Waals surface area contributed by atoms with Gasteiger partial charge in [-0.1, -0.05) is 23.9 Å². The molecule has 2 amide bonds. The quantitative estimate of drug-likeness (QED) is 0.425. The number of imidazole rings is 1. The second-order valence-corrected chi connectivity index (χ2v) is 8.56. The Hall–Kier alpha value is -2.85. The fourth-order valence-electron chi connectivity index (χ4n) is 2.75. The second kappa shape index (κ2) is 9.31. The highest BCUT2D eigenvalue weighted by Gasteiger charge is 2.27. The summed E-state index contributed by atoms with van der Waals surface area (Å²) < 4.78 is 5.12. The van der Waals surface area contributed by atoms with Crippen LogP contribution in [0.1, 0.15) is 32.5 Å². The van der Waals surface area contributed by atoms with Gasteiger partial charge in [0, 0.05) is 14.1 Å². The molecule has 0 aliphatic rings. The number of aromatic nitrogens is 2. The van der Waals surface area contributed by atoms with Gasteiger partial charge in [-0.05, 0) is 31.5 Å². The van der Waals surface area contributed by atoms with Crippen molar-refractivity contribution in [1.29, 1.82) is 0 Å². The van der Waals surface area contributed by atoms with Gasteiger partial charge in [0.1, 0.15) is 5.00 Å². The number of nitrogens with one attached hydrogen (secondary N) is 2. The van der Waals surface area contributed by atoms with Crippen molar-refractivity contribution in [3.63, 3.8) is 0 Å². The number of rotatable bonds is 7. The molecule has 8 nitrogen and oxygen atoms in total. The van der Waals surface area contributed by atoms with Crippen LogP contribution in [-0.4, -0.2) is 59.1 Å². The van der Waals surface area contributed by atoms with E-state index in [1.54, 1.807) is 27.9 Å². The van der Waals surface area contributed by atoms with Crippen LogP contribution in [0.5, 0.6) is 0 Å². The molecule has 1 aromatic carbocycles. The first-order valence-electron chi connectivity index (χ1n) is 9.21. The van der Waals surface area contributed by atoms with Gasteiger partial charge in [0.2, 0.25) is 5.91 Å². The van der Waals surface area contributed by atoms with Crippen molar-refractivity contribution in [1.82, 2.24) is 14.9 Å². The molecule has 0 aliphatic heterocycles. The molecule has 158 valence electrons. The second-order valence-electron chi connectivity index (χ2n) is 6.58. The molecule has 10 heteroatoms. The van der Waals surface area contributed by atoms with Crippen molar-refractivity contribution < 1.29 is 19.1 Å². The van der Waals surface area contributed by atoms with Gasteiger partial charge in [0.05, 0.1) is 33.8 Å². The van der Waals surface area contributed by atoms with E-state index in [4.69, 9.17) is 4.74 Å². The van der Waals surface area contributed by atoms with Gasteiger partial charge in [-0.25, -0.2) is 9.78 Å². The van der Waals surface area contributed by atoms with E-state index >= 15 is 0 Å². The third-order valence-corrected chi connectivity index (χ3v) is 6.26. The molecule has 0 bridgehead atoms. The predicted octanol–water partition coefficient (Wildman–Crippen LogP) is 3.54. The smallest absolute Gasteiger partial charge is 0.341 e. The number of benzene rings is 1. The highest BCUT2D eigenvalue weighted by molar-refractivity contribution is 7.99. The number of hydrogen-bond donors (Lipinski definition) is 2. The fourth-order valence-corrected chi connectivity index (χ4v) is 4.67. The zero-order chi connectivity index (χ0) is 21.8. The number of fused-ring (bicyclic) bond motifs is 1. The lowest BCUT2D eigenvalue weighted by molar-refractivity contribution is -0.113. The molecular formula is C20H22N4O4S2. The molecule has 0 aliphatic carbocycles. The Morgan fingerprint density at radius 3 is 2.67 bits per heavy atom. The molecule has 30 heavy (non-hydrogen) atoms.